The Kier molecular flexibility index (Phi) is 6.67. The van der Waals surface area contributed by atoms with Gasteiger partial charge in [0.25, 0.3) is 0 Å². The molecule has 0 aromatic heterocycles. The first-order chi connectivity index (χ1) is 9.15. The summed E-state index contributed by atoms with van der Waals surface area (Å²) in [5, 5.41) is 0. The van der Waals surface area contributed by atoms with Crippen LogP contribution in [-0.4, -0.2) is 26.8 Å². The molecule has 0 spiro atoms. The molecule has 1 aromatic rings. The van der Waals surface area contributed by atoms with Crippen molar-refractivity contribution >= 4 is 0 Å². The maximum atomic E-state index is 5.73. The quantitative estimate of drug-likeness (QED) is 0.753. The van der Waals surface area contributed by atoms with Crippen LogP contribution in [0.3, 0.4) is 0 Å². The van der Waals surface area contributed by atoms with E-state index in [1.807, 2.05) is 19.1 Å². The first kappa shape index (κ1) is 15.8. The van der Waals surface area contributed by atoms with E-state index < -0.39 is 0 Å². The van der Waals surface area contributed by atoms with Crippen molar-refractivity contribution < 1.29 is 9.47 Å². The van der Waals surface area contributed by atoms with Crippen LogP contribution in [0.2, 0.25) is 0 Å². The third kappa shape index (κ3) is 4.40. The van der Waals surface area contributed by atoms with Gasteiger partial charge in [-0.25, -0.2) is 0 Å². The van der Waals surface area contributed by atoms with Crippen molar-refractivity contribution in [2.75, 3.05) is 26.8 Å². The first-order valence-corrected chi connectivity index (χ1v) is 6.86. The van der Waals surface area contributed by atoms with Gasteiger partial charge in [0.2, 0.25) is 0 Å². The molecule has 0 heterocycles. The van der Waals surface area contributed by atoms with E-state index in [4.69, 9.17) is 20.9 Å². The minimum atomic E-state index is 0.359. The van der Waals surface area contributed by atoms with Gasteiger partial charge in [-0.1, -0.05) is 13.0 Å². The van der Waals surface area contributed by atoms with Crippen LogP contribution in [0.25, 0.3) is 0 Å². The van der Waals surface area contributed by atoms with E-state index in [0.717, 1.165) is 17.9 Å². The van der Waals surface area contributed by atoms with E-state index in [1.165, 1.54) is 5.56 Å². The van der Waals surface area contributed by atoms with Crippen molar-refractivity contribution in [3.05, 3.63) is 23.8 Å². The second kappa shape index (κ2) is 8.02. The molecular weight excluding hydrogens is 240 g/mol. The molecule has 108 valence electrons. The zero-order valence-corrected chi connectivity index (χ0v) is 12.2. The number of hydrogen-bond acceptors (Lipinski definition) is 4. The Labute approximate surface area is 116 Å². The molecule has 1 aromatic carbocycles. The molecule has 0 saturated carbocycles. The molecular formula is C15H26N2O2. The summed E-state index contributed by atoms with van der Waals surface area (Å²) in [6.45, 7) is 6.04. The van der Waals surface area contributed by atoms with Crippen molar-refractivity contribution in [2.45, 2.75) is 20.3 Å². The lowest BCUT2D eigenvalue weighted by Gasteiger charge is -2.21. The largest absolute Gasteiger partial charge is 0.493 e. The summed E-state index contributed by atoms with van der Waals surface area (Å²) in [6.07, 6.45) is 0.946. The molecule has 4 nitrogen and oxygen atoms in total. The molecule has 0 aliphatic rings. The molecule has 0 bridgehead atoms. The summed E-state index contributed by atoms with van der Waals surface area (Å²) in [4.78, 5) is 0. The molecule has 0 saturated heterocycles. The van der Waals surface area contributed by atoms with Crippen molar-refractivity contribution in [3.8, 4) is 11.5 Å². The maximum absolute atomic E-state index is 5.73. The van der Waals surface area contributed by atoms with Crippen LogP contribution < -0.4 is 20.9 Å². The Morgan fingerprint density at radius 2 is 1.84 bits per heavy atom. The van der Waals surface area contributed by atoms with E-state index in [9.17, 15) is 0 Å². The Balaban J connectivity index is 2.79. The summed E-state index contributed by atoms with van der Waals surface area (Å²) in [6, 6.07) is 6.07. The maximum Gasteiger partial charge on any atom is 0.161 e. The molecule has 0 aliphatic heterocycles. The normalized spacial score (nSPS) is 12.5. The molecule has 0 amide bonds. The lowest BCUT2D eigenvalue weighted by atomic mass is 9.88. The lowest BCUT2D eigenvalue weighted by molar-refractivity contribution is 0.310. The highest BCUT2D eigenvalue weighted by Gasteiger charge is 2.15. The van der Waals surface area contributed by atoms with E-state index in [-0.39, 0.29) is 0 Å². The minimum Gasteiger partial charge on any atom is -0.493 e. The molecule has 0 radical (unpaired) electrons. The van der Waals surface area contributed by atoms with Crippen molar-refractivity contribution in [1.29, 1.82) is 0 Å². The highest BCUT2D eigenvalue weighted by atomic mass is 16.5. The summed E-state index contributed by atoms with van der Waals surface area (Å²) in [5.74, 6) is 2.38. The number of methoxy groups -OCH3 is 1. The van der Waals surface area contributed by atoms with Gasteiger partial charge >= 0.3 is 0 Å². The van der Waals surface area contributed by atoms with Crippen LogP contribution in [0.4, 0.5) is 0 Å². The van der Waals surface area contributed by atoms with Gasteiger partial charge in [-0.3, -0.25) is 0 Å². The molecule has 0 aliphatic carbocycles. The third-order valence-electron chi connectivity index (χ3n) is 3.50. The van der Waals surface area contributed by atoms with Crippen molar-refractivity contribution in [1.82, 2.24) is 0 Å². The fourth-order valence-electron chi connectivity index (χ4n) is 2.21. The van der Waals surface area contributed by atoms with Crippen molar-refractivity contribution in [3.63, 3.8) is 0 Å². The van der Waals surface area contributed by atoms with E-state index in [1.54, 1.807) is 7.11 Å². The predicted octanol–water partition coefficient (Wildman–Crippen LogP) is 1.81. The predicted molar refractivity (Wildman–Crippen MR) is 78.6 cm³/mol. The second-order valence-electron chi connectivity index (χ2n) is 4.83. The summed E-state index contributed by atoms with van der Waals surface area (Å²) in [7, 11) is 1.66. The van der Waals surface area contributed by atoms with Gasteiger partial charge in [0, 0.05) is 0 Å². The second-order valence-corrected chi connectivity index (χ2v) is 4.83. The highest BCUT2D eigenvalue weighted by Crippen LogP contribution is 2.29. The zero-order valence-electron chi connectivity index (χ0n) is 12.2. The van der Waals surface area contributed by atoms with Crippen LogP contribution in [0.15, 0.2) is 18.2 Å². The summed E-state index contributed by atoms with van der Waals surface area (Å²) < 4.78 is 10.9. The van der Waals surface area contributed by atoms with Gasteiger partial charge in [-0.05, 0) is 56.0 Å². The molecule has 1 rings (SSSR count). The number of nitrogens with two attached hydrogens (primary N) is 2. The minimum absolute atomic E-state index is 0.359. The first-order valence-electron chi connectivity index (χ1n) is 6.86. The van der Waals surface area contributed by atoms with Crippen LogP contribution in [0, 0.1) is 11.8 Å². The fraction of sp³-hybridized carbons (Fsp3) is 0.600. The van der Waals surface area contributed by atoms with E-state index >= 15 is 0 Å². The van der Waals surface area contributed by atoms with Crippen LogP contribution in [-0.2, 0) is 6.42 Å². The summed E-state index contributed by atoms with van der Waals surface area (Å²) in [5.41, 5.74) is 12.7. The van der Waals surface area contributed by atoms with Crippen LogP contribution in [0.5, 0.6) is 11.5 Å². The lowest BCUT2D eigenvalue weighted by Crippen LogP contribution is -2.30. The van der Waals surface area contributed by atoms with E-state index in [2.05, 4.69) is 13.0 Å². The van der Waals surface area contributed by atoms with Crippen molar-refractivity contribution in [2.24, 2.45) is 23.3 Å². The number of benzene rings is 1. The van der Waals surface area contributed by atoms with Gasteiger partial charge < -0.3 is 20.9 Å². The van der Waals surface area contributed by atoms with Crippen LogP contribution >= 0.6 is 0 Å². The molecule has 4 N–H and O–H groups in total. The SMILES string of the molecule is CCOc1ccc(CC(C)C(CN)CN)cc1OC. The number of hydrogen-bond donors (Lipinski definition) is 2. The Hall–Kier alpha value is -1.26. The average Bonchev–Trinajstić information content (AvgIpc) is 2.42. The molecule has 1 atom stereocenters. The molecule has 1 unspecified atom stereocenters. The van der Waals surface area contributed by atoms with Gasteiger partial charge in [-0.15, -0.1) is 0 Å². The zero-order chi connectivity index (χ0) is 14.3. The smallest absolute Gasteiger partial charge is 0.161 e. The standard InChI is InChI=1S/C15H26N2O2/c1-4-19-14-6-5-12(8-15(14)18-3)7-11(2)13(9-16)10-17/h5-6,8,11,13H,4,7,9-10,16-17H2,1-3H3. The summed E-state index contributed by atoms with van der Waals surface area (Å²) >= 11 is 0. The number of ether oxygens (including phenoxy) is 2. The van der Waals surface area contributed by atoms with Gasteiger partial charge in [-0.2, -0.15) is 0 Å². The van der Waals surface area contributed by atoms with Gasteiger partial charge in [0.1, 0.15) is 0 Å². The monoisotopic (exact) mass is 266 g/mol. The third-order valence-corrected chi connectivity index (χ3v) is 3.50. The molecule has 0 fully saturated rings. The fourth-order valence-corrected chi connectivity index (χ4v) is 2.21. The molecule has 4 heteroatoms. The van der Waals surface area contributed by atoms with Gasteiger partial charge in [0.05, 0.1) is 13.7 Å². The highest BCUT2D eigenvalue weighted by molar-refractivity contribution is 5.43. The number of rotatable bonds is 8. The molecule has 19 heavy (non-hydrogen) atoms. The Morgan fingerprint density at radius 3 is 2.37 bits per heavy atom. The van der Waals surface area contributed by atoms with E-state index in [0.29, 0.717) is 31.5 Å². The average molecular weight is 266 g/mol. The van der Waals surface area contributed by atoms with Crippen LogP contribution in [0.1, 0.15) is 19.4 Å². The Morgan fingerprint density at radius 1 is 1.16 bits per heavy atom. The Bertz CT molecular complexity index is 378. The topological polar surface area (TPSA) is 70.5 Å². The van der Waals surface area contributed by atoms with Gasteiger partial charge in [0.15, 0.2) is 11.5 Å².